The molecule has 0 saturated carbocycles. The van der Waals surface area contributed by atoms with Gasteiger partial charge in [0.05, 0.1) is 12.7 Å². The van der Waals surface area contributed by atoms with Gasteiger partial charge in [-0.1, -0.05) is 28.1 Å². The van der Waals surface area contributed by atoms with Gasteiger partial charge < -0.3 is 10.1 Å². The molecule has 0 bridgehead atoms. The predicted octanol–water partition coefficient (Wildman–Crippen LogP) is 4.30. The lowest BCUT2D eigenvalue weighted by Gasteiger charge is -2.09. The van der Waals surface area contributed by atoms with Gasteiger partial charge in [-0.15, -0.1) is 0 Å². The van der Waals surface area contributed by atoms with Crippen LogP contribution in [0.2, 0.25) is 0 Å². The molecule has 0 heterocycles. The summed E-state index contributed by atoms with van der Waals surface area (Å²) in [6.45, 7) is 2.47. The Balaban J connectivity index is 2.08. The number of benzene rings is 2. The number of aryl methyl sites for hydroxylation is 1. The van der Waals surface area contributed by atoms with E-state index in [0.29, 0.717) is 6.54 Å². The van der Waals surface area contributed by atoms with Crippen molar-refractivity contribution >= 4 is 27.6 Å². The fourth-order valence-corrected chi connectivity index (χ4v) is 2.23. The fourth-order valence-electron chi connectivity index (χ4n) is 1.85. The molecule has 0 aliphatic rings. The molecule has 2 aromatic carbocycles. The Bertz CT molecular complexity index is 673. The third-order valence-electron chi connectivity index (χ3n) is 3.11. The second-order valence-electron chi connectivity index (χ2n) is 4.62. The second kappa shape index (κ2) is 6.72. The van der Waals surface area contributed by atoms with Crippen molar-refractivity contribution in [3.8, 4) is 0 Å². The van der Waals surface area contributed by atoms with E-state index < -0.39 is 11.8 Å². The predicted molar refractivity (Wildman–Crippen MR) is 83.9 cm³/mol. The summed E-state index contributed by atoms with van der Waals surface area (Å²) in [6.07, 6.45) is 0. The number of esters is 1. The smallest absolute Gasteiger partial charge is 0.340 e. The van der Waals surface area contributed by atoms with Gasteiger partial charge in [0.25, 0.3) is 0 Å². The van der Waals surface area contributed by atoms with Crippen LogP contribution in [0.4, 0.5) is 10.1 Å². The number of nitrogens with one attached hydrogen (secondary N) is 1. The molecule has 0 amide bonds. The third-order valence-corrected chi connectivity index (χ3v) is 3.96. The van der Waals surface area contributed by atoms with E-state index in [0.717, 1.165) is 21.3 Å². The zero-order valence-electron chi connectivity index (χ0n) is 11.7. The average Bonchev–Trinajstić information content (AvgIpc) is 2.48. The van der Waals surface area contributed by atoms with Crippen molar-refractivity contribution < 1.29 is 13.9 Å². The maximum absolute atomic E-state index is 13.8. The van der Waals surface area contributed by atoms with Crippen LogP contribution in [0.1, 0.15) is 21.5 Å². The highest BCUT2D eigenvalue weighted by Crippen LogP contribution is 2.21. The molecule has 0 aliphatic carbocycles. The second-order valence-corrected chi connectivity index (χ2v) is 5.48. The van der Waals surface area contributed by atoms with Gasteiger partial charge in [0, 0.05) is 16.7 Å². The number of hydrogen-bond donors (Lipinski definition) is 1. The Morgan fingerprint density at radius 2 is 2.05 bits per heavy atom. The molecular weight excluding hydrogens is 337 g/mol. The Labute approximate surface area is 131 Å². The molecule has 0 saturated heterocycles. The minimum Gasteiger partial charge on any atom is -0.465 e. The minimum absolute atomic E-state index is 0.0562. The number of halogens is 2. The highest BCUT2D eigenvalue weighted by atomic mass is 79.9. The molecule has 2 aromatic rings. The number of hydrogen-bond acceptors (Lipinski definition) is 3. The summed E-state index contributed by atoms with van der Waals surface area (Å²) < 4.78 is 19.3. The largest absolute Gasteiger partial charge is 0.465 e. The number of carbonyl (C=O) groups excluding carboxylic acids is 1. The number of ether oxygens (including phenoxy) is 1. The molecule has 21 heavy (non-hydrogen) atoms. The minimum atomic E-state index is -0.672. The van der Waals surface area contributed by atoms with Crippen LogP contribution in [0, 0.1) is 12.7 Å². The molecule has 110 valence electrons. The summed E-state index contributed by atoms with van der Waals surface area (Å²) in [5.41, 5.74) is 2.77. The van der Waals surface area contributed by atoms with Gasteiger partial charge in [-0.3, -0.25) is 0 Å². The van der Waals surface area contributed by atoms with Crippen molar-refractivity contribution in [2.75, 3.05) is 12.4 Å². The molecule has 1 N–H and O–H groups in total. The van der Waals surface area contributed by atoms with E-state index in [9.17, 15) is 9.18 Å². The average molecular weight is 352 g/mol. The summed E-state index contributed by atoms with van der Waals surface area (Å²) >= 11 is 3.47. The van der Waals surface area contributed by atoms with E-state index in [1.165, 1.54) is 19.2 Å². The van der Waals surface area contributed by atoms with E-state index in [-0.39, 0.29) is 5.56 Å². The zero-order chi connectivity index (χ0) is 15.4. The molecule has 0 radical (unpaired) electrons. The Morgan fingerprint density at radius 1 is 1.29 bits per heavy atom. The fraction of sp³-hybridized carbons (Fsp3) is 0.188. The van der Waals surface area contributed by atoms with Crippen molar-refractivity contribution in [3.63, 3.8) is 0 Å². The Morgan fingerprint density at radius 3 is 2.67 bits per heavy atom. The van der Waals surface area contributed by atoms with E-state index in [1.54, 1.807) is 6.07 Å². The van der Waals surface area contributed by atoms with Crippen molar-refractivity contribution in [3.05, 3.63) is 63.4 Å². The Hall–Kier alpha value is -1.88. The van der Waals surface area contributed by atoms with Crippen molar-refractivity contribution in [1.82, 2.24) is 0 Å². The third kappa shape index (κ3) is 3.82. The number of rotatable bonds is 4. The normalized spacial score (nSPS) is 10.3. The maximum atomic E-state index is 13.8. The van der Waals surface area contributed by atoms with Crippen LogP contribution in [-0.4, -0.2) is 13.1 Å². The van der Waals surface area contributed by atoms with E-state index in [1.807, 2.05) is 25.1 Å². The lowest BCUT2D eigenvalue weighted by molar-refractivity contribution is 0.0595. The SMILES string of the molecule is COC(=O)c1ccc(CNc2ccc(C)c(Br)c2)cc1F. The molecule has 0 spiro atoms. The molecule has 2 rings (SSSR count). The first-order chi connectivity index (χ1) is 10.0. The lowest BCUT2D eigenvalue weighted by Crippen LogP contribution is -2.06. The highest BCUT2D eigenvalue weighted by molar-refractivity contribution is 9.10. The summed E-state index contributed by atoms with van der Waals surface area (Å²) in [6, 6.07) is 10.4. The van der Waals surface area contributed by atoms with E-state index in [4.69, 9.17) is 0 Å². The first-order valence-electron chi connectivity index (χ1n) is 6.38. The van der Waals surface area contributed by atoms with Crippen LogP contribution in [-0.2, 0) is 11.3 Å². The van der Waals surface area contributed by atoms with Gasteiger partial charge in [-0.2, -0.15) is 0 Å². The van der Waals surface area contributed by atoms with Gasteiger partial charge in [0.15, 0.2) is 0 Å². The summed E-state index contributed by atoms with van der Waals surface area (Å²) in [5, 5.41) is 3.21. The summed E-state index contributed by atoms with van der Waals surface area (Å²) in [7, 11) is 1.23. The van der Waals surface area contributed by atoms with E-state index in [2.05, 4.69) is 26.0 Å². The molecule has 0 atom stereocenters. The van der Waals surface area contributed by atoms with Crippen LogP contribution >= 0.6 is 15.9 Å². The van der Waals surface area contributed by atoms with Crippen LogP contribution in [0.3, 0.4) is 0 Å². The van der Waals surface area contributed by atoms with Crippen molar-refractivity contribution in [1.29, 1.82) is 0 Å². The lowest BCUT2D eigenvalue weighted by atomic mass is 10.1. The number of carbonyl (C=O) groups is 1. The summed E-state index contributed by atoms with van der Waals surface area (Å²) in [5.74, 6) is -1.25. The van der Waals surface area contributed by atoms with Crippen LogP contribution in [0.5, 0.6) is 0 Å². The van der Waals surface area contributed by atoms with Crippen molar-refractivity contribution in [2.45, 2.75) is 13.5 Å². The molecule has 0 unspecified atom stereocenters. The highest BCUT2D eigenvalue weighted by Gasteiger charge is 2.12. The quantitative estimate of drug-likeness (QED) is 0.834. The summed E-state index contributed by atoms with van der Waals surface area (Å²) in [4.78, 5) is 11.3. The van der Waals surface area contributed by atoms with Crippen LogP contribution < -0.4 is 5.32 Å². The first-order valence-corrected chi connectivity index (χ1v) is 7.17. The Kier molecular flexibility index (Phi) is 4.96. The van der Waals surface area contributed by atoms with Gasteiger partial charge in [-0.25, -0.2) is 9.18 Å². The van der Waals surface area contributed by atoms with E-state index >= 15 is 0 Å². The molecule has 3 nitrogen and oxygen atoms in total. The molecule has 0 fully saturated rings. The van der Waals surface area contributed by atoms with Gasteiger partial charge >= 0.3 is 5.97 Å². The topological polar surface area (TPSA) is 38.3 Å². The molecule has 0 aliphatic heterocycles. The number of anilines is 1. The zero-order valence-corrected chi connectivity index (χ0v) is 13.3. The van der Waals surface area contributed by atoms with Crippen molar-refractivity contribution in [2.24, 2.45) is 0 Å². The van der Waals surface area contributed by atoms with Gasteiger partial charge in [-0.05, 0) is 42.3 Å². The van der Waals surface area contributed by atoms with Crippen LogP contribution in [0.15, 0.2) is 40.9 Å². The first kappa shape index (κ1) is 15.5. The van der Waals surface area contributed by atoms with Crippen LogP contribution in [0.25, 0.3) is 0 Å². The number of methoxy groups -OCH3 is 1. The van der Waals surface area contributed by atoms with Gasteiger partial charge in [0.2, 0.25) is 0 Å². The monoisotopic (exact) mass is 351 g/mol. The van der Waals surface area contributed by atoms with Gasteiger partial charge in [0.1, 0.15) is 5.82 Å². The maximum Gasteiger partial charge on any atom is 0.340 e. The standard InChI is InChI=1S/C16H15BrFNO2/c1-10-3-5-12(8-14(10)17)19-9-11-4-6-13(15(18)7-11)16(20)21-2/h3-8,19H,9H2,1-2H3. The molecule has 0 aromatic heterocycles. The molecule has 5 heteroatoms. The molecular formula is C16H15BrFNO2.